The number of carbonyl (C=O) groups is 1. The maximum Gasteiger partial charge on any atom is 0.252 e. The van der Waals surface area contributed by atoms with Crippen LogP contribution in [0.3, 0.4) is 0 Å². The lowest BCUT2D eigenvalue weighted by Crippen LogP contribution is -2.47. The number of amides is 1. The van der Waals surface area contributed by atoms with Gasteiger partial charge in [0.1, 0.15) is 12.7 Å². The van der Waals surface area contributed by atoms with E-state index in [1.807, 2.05) is 13.0 Å². The lowest BCUT2D eigenvalue weighted by Gasteiger charge is -2.24. The van der Waals surface area contributed by atoms with Crippen LogP contribution in [-0.2, 0) is 9.84 Å². The second-order valence-electron chi connectivity index (χ2n) is 6.20. The predicted octanol–water partition coefficient (Wildman–Crippen LogP) is 0.883. The highest BCUT2D eigenvalue weighted by Crippen LogP contribution is 2.24. The van der Waals surface area contributed by atoms with Crippen LogP contribution in [-0.4, -0.2) is 46.1 Å². The summed E-state index contributed by atoms with van der Waals surface area (Å²) in [5, 5.41) is 6.92. The van der Waals surface area contributed by atoms with Crippen molar-refractivity contribution in [3.63, 3.8) is 0 Å². The van der Waals surface area contributed by atoms with Crippen molar-refractivity contribution >= 4 is 15.7 Å². The molecule has 1 aliphatic heterocycles. The number of aryl methyl sites for hydroxylation is 1. The van der Waals surface area contributed by atoms with Crippen LogP contribution in [0, 0.1) is 6.92 Å². The molecule has 1 amide bonds. The molecule has 1 fully saturated rings. The molecule has 122 valence electrons. The SMILES string of the molecule is Cc1cc(-n2cncn2)ccc1C(=O)NC1(C)CCS(=O)(=O)C1. The summed E-state index contributed by atoms with van der Waals surface area (Å²) in [4.78, 5) is 16.4. The molecule has 7 nitrogen and oxygen atoms in total. The number of hydrogen-bond acceptors (Lipinski definition) is 5. The Hall–Kier alpha value is -2.22. The van der Waals surface area contributed by atoms with E-state index in [1.54, 1.807) is 30.1 Å². The topological polar surface area (TPSA) is 93.9 Å². The first-order chi connectivity index (χ1) is 10.8. The van der Waals surface area contributed by atoms with Crippen molar-refractivity contribution in [2.75, 3.05) is 11.5 Å². The molecular weight excluding hydrogens is 316 g/mol. The van der Waals surface area contributed by atoms with E-state index in [1.165, 1.54) is 6.33 Å². The molecule has 1 atom stereocenters. The van der Waals surface area contributed by atoms with Crippen LogP contribution in [0.5, 0.6) is 0 Å². The van der Waals surface area contributed by atoms with Gasteiger partial charge in [0.25, 0.3) is 5.91 Å². The normalized spacial score (nSPS) is 22.9. The minimum Gasteiger partial charge on any atom is -0.346 e. The van der Waals surface area contributed by atoms with E-state index in [0.717, 1.165) is 11.3 Å². The third-order valence-corrected chi connectivity index (χ3v) is 5.96. The van der Waals surface area contributed by atoms with E-state index in [-0.39, 0.29) is 17.4 Å². The van der Waals surface area contributed by atoms with Gasteiger partial charge < -0.3 is 5.32 Å². The molecule has 1 aromatic carbocycles. The Balaban J connectivity index is 1.81. The number of aromatic nitrogens is 3. The molecular formula is C15H18N4O3S. The molecule has 2 aromatic rings. The van der Waals surface area contributed by atoms with E-state index in [2.05, 4.69) is 15.4 Å². The van der Waals surface area contributed by atoms with Crippen molar-refractivity contribution in [3.8, 4) is 5.69 Å². The van der Waals surface area contributed by atoms with Gasteiger partial charge in [0.15, 0.2) is 9.84 Å². The quantitative estimate of drug-likeness (QED) is 0.899. The first kappa shape index (κ1) is 15.7. The number of carbonyl (C=O) groups excluding carboxylic acids is 1. The zero-order valence-electron chi connectivity index (χ0n) is 13.0. The van der Waals surface area contributed by atoms with E-state index >= 15 is 0 Å². The monoisotopic (exact) mass is 334 g/mol. The Morgan fingerprint density at radius 1 is 1.39 bits per heavy atom. The molecule has 8 heteroatoms. The minimum absolute atomic E-state index is 0.0121. The fourth-order valence-corrected chi connectivity index (χ4v) is 4.93. The summed E-state index contributed by atoms with van der Waals surface area (Å²) in [6.07, 6.45) is 3.47. The fourth-order valence-electron chi connectivity index (χ4n) is 2.84. The van der Waals surface area contributed by atoms with Gasteiger partial charge in [0.05, 0.1) is 22.7 Å². The number of rotatable bonds is 3. The second kappa shape index (κ2) is 5.45. The van der Waals surface area contributed by atoms with Crippen molar-refractivity contribution in [2.24, 2.45) is 0 Å². The molecule has 1 saturated heterocycles. The molecule has 1 aliphatic rings. The lowest BCUT2D eigenvalue weighted by atomic mass is 10.00. The van der Waals surface area contributed by atoms with Crippen molar-refractivity contribution < 1.29 is 13.2 Å². The maximum absolute atomic E-state index is 12.5. The maximum atomic E-state index is 12.5. The van der Waals surface area contributed by atoms with Gasteiger partial charge >= 0.3 is 0 Å². The van der Waals surface area contributed by atoms with Gasteiger partial charge in [-0.2, -0.15) is 5.10 Å². The van der Waals surface area contributed by atoms with Gasteiger partial charge in [-0.15, -0.1) is 0 Å². The van der Waals surface area contributed by atoms with Crippen molar-refractivity contribution in [2.45, 2.75) is 25.8 Å². The molecule has 3 rings (SSSR count). The summed E-state index contributed by atoms with van der Waals surface area (Å²) in [6, 6.07) is 5.34. The van der Waals surface area contributed by atoms with Crippen LogP contribution in [0.15, 0.2) is 30.9 Å². The van der Waals surface area contributed by atoms with Gasteiger partial charge in [-0.05, 0) is 44.0 Å². The Morgan fingerprint density at radius 3 is 2.74 bits per heavy atom. The Kier molecular flexibility index (Phi) is 3.71. The number of hydrogen-bond donors (Lipinski definition) is 1. The van der Waals surface area contributed by atoms with E-state index in [0.29, 0.717) is 12.0 Å². The Bertz CT molecular complexity index is 846. The van der Waals surface area contributed by atoms with Crippen LogP contribution >= 0.6 is 0 Å². The fraction of sp³-hybridized carbons (Fsp3) is 0.400. The number of benzene rings is 1. The van der Waals surface area contributed by atoms with E-state index < -0.39 is 15.4 Å². The van der Waals surface area contributed by atoms with Crippen LogP contribution < -0.4 is 5.32 Å². The van der Waals surface area contributed by atoms with Gasteiger partial charge in [0, 0.05) is 5.56 Å². The first-order valence-corrected chi connectivity index (χ1v) is 9.09. The summed E-state index contributed by atoms with van der Waals surface area (Å²) in [5.74, 6) is -0.150. The average Bonchev–Trinajstić information content (AvgIpc) is 3.06. The molecule has 0 spiro atoms. The number of sulfone groups is 1. The molecule has 1 aromatic heterocycles. The van der Waals surface area contributed by atoms with E-state index in [9.17, 15) is 13.2 Å². The Morgan fingerprint density at radius 2 is 2.17 bits per heavy atom. The molecule has 1 N–H and O–H groups in total. The molecule has 23 heavy (non-hydrogen) atoms. The van der Waals surface area contributed by atoms with Crippen LogP contribution in [0.25, 0.3) is 5.69 Å². The molecule has 1 unspecified atom stereocenters. The molecule has 0 aliphatic carbocycles. The van der Waals surface area contributed by atoms with Gasteiger partial charge in [0.2, 0.25) is 0 Å². The summed E-state index contributed by atoms with van der Waals surface area (Å²) in [6.45, 7) is 3.61. The van der Waals surface area contributed by atoms with Crippen LogP contribution in [0.4, 0.5) is 0 Å². The van der Waals surface area contributed by atoms with Crippen molar-refractivity contribution in [1.29, 1.82) is 0 Å². The highest BCUT2D eigenvalue weighted by molar-refractivity contribution is 7.91. The largest absolute Gasteiger partial charge is 0.346 e. The van der Waals surface area contributed by atoms with E-state index in [4.69, 9.17) is 0 Å². The first-order valence-electron chi connectivity index (χ1n) is 7.27. The van der Waals surface area contributed by atoms with Gasteiger partial charge in [-0.25, -0.2) is 18.1 Å². The molecule has 0 radical (unpaired) electrons. The zero-order valence-corrected chi connectivity index (χ0v) is 13.8. The summed E-state index contributed by atoms with van der Waals surface area (Å²) in [7, 11) is -3.06. The minimum atomic E-state index is -3.06. The van der Waals surface area contributed by atoms with Crippen LogP contribution in [0.2, 0.25) is 0 Å². The average molecular weight is 334 g/mol. The molecule has 0 bridgehead atoms. The summed E-state index contributed by atoms with van der Waals surface area (Å²) >= 11 is 0. The predicted molar refractivity (Wildman–Crippen MR) is 85.2 cm³/mol. The zero-order chi connectivity index (χ0) is 16.7. The second-order valence-corrected chi connectivity index (χ2v) is 8.38. The Labute approximate surface area is 134 Å². The molecule has 2 heterocycles. The third kappa shape index (κ3) is 3.26. The van der Waals surface area contributed by atoms with Gasteiger partial charge in [-0.3, -0.25) is 4.79 Å². The van der Waals surface area contributed by atoms with Crippen LogP contribution in [0.1, 0.15) is 29.3 Å². The highest BCUT2D eigenvalue weighted by Gasteiger charge is 2.39. The van der Waals surface area contributed by atoms with Gasteiger partial charge in [-0.1, -0.05) is 0 Å². The van der Waals surface area contributed by atoms with Crippen molar-refractivity contribution in [1.82, 2.24) is 20.1 Å². The lowest BCUT2D eigenvalue weighted by molar-refractivity contribution is 0.0915. The third-order valence-electron chi connectivity index (χ3n) is 4.06. The molecule has 0 saturated carbocycles. The smallest absolute Gasteiger partial charge is 0.252 e. The standard InChI is InChI=1S/C15H18N4O3S/c1-11-7-12(19-10-16-9-17-19)3-4-13(11)14(20)18-15(2)5-6-23(21,22)8-15/h3-4,7,9-10H,5-6,8H2,1-2H3,(H,18,20). The number of nitrogens with one attached hydrogen (secondary N) is 1. The number of nitrogens with zero attached hydrogens (tertiary/aromatic N) is 3. The summed E-state index contributed by atoms with van der Waals surface area (Å²) in [5.41, 5.74) is 1.43. The summed E-state index contributed by atoms with van der Waals surface area (Å²) < 4.78 is 24.9. The van der Waals surface area contributed by atoms with Crippen molar-refractivity contribution in [3.05, 3.63) is 42.0 Å². The highest BCUT2D eigenvalue weighted by atomic mass is 32.2.